The summed E-state index contributed by atoms with van der Waals surface area (Å²) in [6.45, 7) is 0.196. The van der Waals surface area contributed by atoms with Crippen molar-refractivity contribution in [2.75, 3.05) is 19.5 Å². The maximum Gasteiger partial charge on any atom is 0.264 e. The monoisotopic (exact) mass is 407 g/mol. The van der Waals surface area contributed by atoms with Crippen LogP contribution >= 0.6 is 23.2 Å². The van der Waals surface area contributed by atoms with Crippen LogP contribution in [0.2, 0.25) is 10.0 Å². The third-order valence-corrected chi connectivity index (χ3v) is 4.64. The van der Waals surface area contributed by atoms with E-state index in [4.69, 9.17) is 36.9 Å². The number of hydrogen-bond donors (Lipinski definition) is 0. The van der Waals surface area contributed by atoms with E-state index in [2.05, 4.69) is 10.2 Å². The lowest BCUT2D eigenvalue weighted by Crippen LogP contribution is -2.34. The number of benzene rings is 1. The minimum absolute atomic E-state index is 0.136. The van der Waals surface area contributed by atoms with E-state index in [9.17, 15) is 8.42 Å². The summed E-state index contributed by atoms with van der Waals surface area (Å²) < 4.78 is 40.8. The molecule has 3 rings (SSSR count). The maximum atomic E-state index is 11.2. The van der Waals surface area contributed by atoms with Gasteiger partial charge in [-0.1, -0.05) is 29.3 Å². The Bertz CT molecular complexity index is 846. The van der Waals surface area contributed by atoms with Crippen LogP contribution in [-0.2, 0) is 36.1 Å². The molecule has 0 bridgehead atoms. The molecule has 0 N–H and O–H groups in total. The van der Waals surface area contributed by atoms with Gasteiger partial charge in [0.15, 0.2) is 0 Å². The Kier molecular flexibility index (Phi) is 5.33. The molecule has 136 valence electrons. The van der Waals surface area contributed by atoms with Crippen molar-refractivity contribution in [1.29, 1.82) is 0 Å². The normalized spacial score (nSPS) is 23.9. The first-order valence-electron chi connectivity index (χ1n) is 7.21. The van der Waals surface area contributed by atoms with Gasteiger partial charge >= 0.3 is 0 Å². The van der Waals surface area contributed by atoms with Crippen LogP contribution in [0, 0.1) is 0 Å². The zero-order valence-corrected chi connectivity index (χ0v) is 15.5. The van der Waals surface area contributed by atoms with Gasteiger partial charge in [0.25, 0.3) is 10.1 Å². The second-order valence-electron chi connectivity index (χ2n) is 5.55. The molecule has 25 heavy (non-hydrogen) atoms. The fourth-order valence-electron chi connectivity index (χ4n) is 2.50. The molecule has 0 spiro atoms. The SMILES string of the molecule is CS(=O)(=O)OC[C@H]1CO[C@](Cn2cnnc2)(c2ccc(Cl)cc2Cl)O1. The number of hydrogen-bond acceptors (Lipinski definition) is 7. The van der Waals surface area contributed by atoms with Crippen molar-refractivity contribution < 1.29 is 22.1 Å². The van der Waals surface area contributed by atoms with Gasteiger partial charge in [-0.3, -0.25) is 4.18 Å². The van der Waals surface area contributed by atoms with E-state index in [1.807, 2.05) is 0 Å². The van der Waals surface area contributed by atoms with Crippen molar-refractivity contribution in [3.63, 3.8) is 0 Å². The van der Waals surface area contributed by atoms with Crippen molar-refractivity contribution in [3.8, 4) is 0 Å². The molecule has 0 aliphatic carbocycles. The van der Waals surface area contributed by atoms with Crippen LogP contribution in [0.5, 0.6) is 0 Å². The lowest BCUT2D eigenvalue weighted by atomic mass is 10.1. The predicted molar refractivity (Wildman–Crippen MR) is 89.8 cm³/mol. The molecule has 1 aromatic carbocycles. The Labute approximate surface area is 154 Å². The van der Waals surface area contributed by atoms with E-state index in [0.29, 0.717) is 15.6 Å². The average molecular weight is 408 g/mol. The smallest absolute Gasteiger partial charge is 0.264 e. The maximum absolute atomic E-state index is 11.2. The van der Waals surface area contributed by atoms with Crippen LogP contribution in [0.25, 0.3) is 0 Å². The standard InChI is InChI=1S/C14H15Cl2N3O5S/c1-25(20,21)23-6-11-5-22-14(24-11,7-19-8-17-18-9-19)12-3-2-10(15)4-13(12)16/h2-4,8-9,11H,5-7H2,1H3/t11-,14+/m1/s1. The average Bonchev–Trinajstić information content (AvgIpc) is 3.15. The molecule has 2 aromatic rings. The summed E-state index contributed by atoms with van der Waals surface area (Å²) >= 11 is 12.3. The fraction of sp³-hybridized carbons (Fsp3) is 0.429. The molecule has 0 radical (unpaired) electrons. The molecule has 2 atom stereocenters. The molecule has 1 aliphatic rings. The van der Waals surface area contributed by atoms with Crippen molar-refractivity contribution in [3.05, 3.63) is 46.5 Å². The topological polar surface area (TPSA) is 92.5 Å². The highest BCUT2D eigenvalue weighted by Gasteiger charge is 2.45. The second kappa shape index (κ2) is 7.18. The highest BCUT2D eigenvalue weighted by molar-refractivity contribution is 7.85. The van der Waals surface area contributed by atoms with Gasteiger partial charge in [-0.15, -0.1) is 10.2 Å². The highest BCUT2D eigenvalue weighted by Crippen LogP contribution is 2.40. The number of rotatable bonds is 6. The van der Waals surface area contributed by atoms with Gasteiger partial charge in [0, 0.05) is 10.6 Å². The predicted octanol–water partition coefficient (Wildman–Crippen LogP) is 1.83. The van der Waals surface area contributed by atoms with Crippen molar-refractivity contribution in [2.24, 2.45) is 0 Å². The van der Waals surface area contributed by atoms with Crippen LogP contribution in [0.1, 0.15) is 5.56 Å². The molecule has 1 saturated heterocycles. The van der Waals surface area contributed by atoms with Gasteiger partial charge in [-0.05, 0) is 12.1 Å². The summed E-state index contributed by atoms with van der Waals surface area (Å²) in [5.41, 5.74) is 0.564. The Morgan fingerprint density at radius 1 is 1.36 bits per heavy atom. The Morgan fingerprint density at radius 3 is 2.72 bits per heavy atom. The number of nitrogens with zero attached hydrogens (tertiary/aromatic N) is 3. The van der Waals surface area contributed by atoms with Crippen molar-refractivity contribution >= 4 is 33.3 Å². The number of halogens is 2. The fourth-order valence-corrected chi connectivity index (χ4v) is 3.45. The zero-order chi connectivity index (χ0) is 18.1. The van der Waals surface area contributed by atoms with E-state index in [-0.39, 0.29) is 19.8 Å². The Morgan fingerprint density at radius 2 is 2.08 bits per heavy atom. The summed E-state index contributed by atoms with van der Waals surface area (Å²) in [6.07, 6.45) is 3.42. The third-order valence-electron chi connectivity index (χ3n) is 3.53. The molecule has 0 saturated carbocycles. The van der Waals surface area contributed by atoms with Crippen molar-refractivity contribution in [2.45, 2.75) is 18.4 Å². The first-order valence-corrected chi connectivity index (χ1v) is 9.79. The molecule has 1 aromatic heterocycles. The van der Waals surface area contributed by atoms with Gasteiger partial charge in [0.05, 0.1) is 31.0 Å². The molecule has 0 unspecified atom stereocenters. The molecular formula is C14H15Cl2N3O5S. The second-order valence-corrected chi connectivity index (χ2v) is 8.04. The quantitative estimate of drug-likeness (QED) is 0.674. The molecule has 2 heterocycles. The van der Waals surface area contributed by atoms with Gasteiger partial charge in [-0.2, -0.15) is 8.42 Å². The minimum Gasteiger partial charge on any atom is -0.342 e. The summed E-state index contributed by atoms with van der Waals surface area (Å²) in [6, 6.07) is 4.96. The molecule has 8 nitrogen and oxygen atoms in total. The minimum atomic E-state index is -3.58. The molecule has 1 fully saturated rings. The van der Waals surface area contributed by atoms with E-state index in [1.165, 1.54) is 12.7 Å². The first kappa shape index (κ1) is 18.6. The lowest BCUT2D eigenvalue weighted by Gasteiger charge is -2.29. The lowest BCUT2D eigenvalue weighted by molar-refractivity contribution is -0.189. The van der Waals surface area contributed by atoms with E-state index in [1.54, 1.807) is 22.8 Å². The van der Waals surface area contributed by atoms with Crippen LogP contribution < -0.4 is 0 Å². The zero-order valence-electron chi connectivity index (χ0n) is 13.1. The summed E-state index contributed by atoms with van der Waals surface area (Å²) in [5, 5.41) is 8.36. The number of aromatic nitrogens is 3. The van der Waals surface area contributed by atoms with Gasteiger partial charge in [0.1, 0.15) is 18.8 Å². The molecule has 0 amide bonds. The van der Waals surface area contributed by atoms with Crippen LogP contribution in [0.3, 0.4) is 0 Å². The molecular weight excluding hydrogens is 393 g/mol. The van der Waals surface area contributed by atoms with Gasteiger partial charge < -0.3 is 14.0 Å². The van der Waals surface area contributed by atoms with Crippen LogP contribution in [0.15, 0.2) is 30.9 Å². The third kappa shape index (κ3) is 4.49. The van der Waals surface area contributed by atoms with Gasteiger partial charge in [-0.25, -0.2) is 0 Å². The van der Waals surface area contributed by atoms with Crippen molar-refractivity contribution in [1.82, 2.24) is 14.8 Å². The molecule has 1 aliphatic heterocycles. The summed E-state index contributed by atoms with van der Waals surface area (Å²) in [7, 11) is -3.58. The van der Waals surface area contributed by atoms with Crippen LogP contribution in [0.4, 0.5) is 0 Å². The summed E-state index contributed by atoms with van der Waals surface area (Å²) in [5.74, 6) is -1.24. The largest absolute Gasteiger partial charge is 0.342 e. The Hall–Kier alpha value is -1.23. The van der Waals surface area contributed by atoms with Crippen LogP contribution in [-0.4, -0.2) is 48.8 Å². The first-order chi connectivity index (χ1) is 11.8. The van der Waals surface area contributed by atoms with E-state index < -0.39 is 22.0 Å². The Balaban J connectivity index is 1.88. The van der Waals surface area contributed by atoms with E-state index >= 15 is 0 Å². The summed E-state index contributed by atoms with van der Waals surface area (Å²) in [4.78, 5) is 0. The number of ether oxygens (including phenoxy) is 2. The van der Waals surface area contributed by atoms with E-state index in [0.717, 1.165) is 6.26 Å². The highest BCUT2D eigenvalue weighted by atomic mass is 35.5. The molecule has 11 heteroatoms. The van der Waals surface area contributed by atoms with Gasteiger partial charge in [0.2, 0.25) is 5.79 Å².